The van der Waals surface area contributed by atoms with Crippen LogP contribution >= 0.6 is 0 Å². The first-order valence-electron chi connectivity index (χ1n) is 8.02. The molecule has 0 radical (unpaired) electrons. The maximum absolute atomic E-state index is 12.4. The number of methoxy groups -OCH3 is 1. The molecule has 3 rings (SSSR count). The van der Waals surface area contributed by atoms with Crippen LogP contribution in [0.2, 0.25) is 0 Å². The molecule has 0 aromatic carbocycles. The number of aromatic nitrogens is 2. The van der Waals surface area contributed by atoms with Gasteiger partial charge in [0.25, 0.3) is 0 Å². The quantitative estimate of drug-likeness (QED) is 0.843. The first-order chi connectivity index (χ1) is 11.7. The maximum atomic E-state index is 12.4. The molecular formula is C18H21N3O3. The summed E-state index contributed by atoms with van der Waals surface area (Å²) in [4.78, 5) is 20.7. The summed E-state index contributed by atoms with van der Waals surface area (Å²) in [5.74, 6) is 0.686. The van der Waals surface area contributed by atoms with Crippen LogP contribution in [0.4, 0.5) is 0 Å². The van der Waals surface area contributed by atoms with Crippen LogP contribution in [0.15, 0.2) is 42.9 Å². The lowest BCUT2D eigenvalue weighted by molar-refractivity contribution is -0.122. The number of amides is 1. The Labute approximate surface area is 140 Å². The van der Waals surface area contributed by atoms with E-state index >= 15 is 0 Å². The smallest absolute Gasteiger partial charge is 0.224 e. The standard InChI is InChI=1S/C18H21N3O3/c1-24-17-5-4-13(11-20-17)18(14-8-15(22)9-14)21-16(23)7-12-3-2-6-19-10-12/h2-6,10-11,14-15,18,22H,7-9H2,1H3,(H,21,23)/t14?,15?,18-/m0/s1. The van der Waals surface area contributed by atoms with Gasteiger partial charge in [0.05, 0.1) is 25.7 Å². The Morgan fingerprint density at radius 2 is 2.21 bits per heavy atom. The zero-order valence-electron chi connectivity index (χ0n) is 13.6. The second-order valence-electron chi connectivity index (χ2n) is 6.10. The molecule has 1 aliphatic rings. The Bertz CT molecular complexity index is 670. The molecule has 1 atom stereocenters. The Kier molecular flexibility index (Phi) is 5.05. The van der Waals surface area contributed by atoms with Crippen LogP contribution < -0.4 is 10.1 Å². The molecule has 1 amide bonds. The molecule has 0 aliphatic heterocycles. The zero-order valence-corrected chi connectivity index (χ0v) is 13.6. The highest BCUT2D eigenvalue weighted by Gasteiger charge is 2.35. The molecule has 2 aromatic rings. The van der Waals surface area contributed by atoms with E-state index in [1.54, 1.807) is 31.8 Å². The van der Waals surface area contributed by atoms with Crippen LogP contribution in [0.25, 0.3) is 0 Å². The van der Waals surface area contributed by atoms with Gasteiger partial charge in [0, 0.05) is 24.7 Å². The van der Waals surface area contributed by atoms with Gasteiger partial charge in [-0.1, -0.05) is 12.1 Å². The summed E-state index contributed by atoms with van der Waals surface area (Å²) in [7, 11) is 1.57. The van der Waals surface area contributed by atoms with Gasteiger partial charge in [0.1, 0.15) is 0 Å². The van der Waals surface area contributed by atoms with Crippen LogP contribution in [-0.4, -0.2) is 34.2 Å². The van der Waals surface area contributed by atoms with Crippen LogP contribution in [0, 0.1) is 5.92 Å². The summed E-state index contributed by atoms with van der Waals surface area (Å²) in [5.41, 5.74) is 1.79. The van der Waals surface area contributed by atoms with Gasteiger partial charge in [0.2, 0.25) is 11.8 Å². The van der Waals surface area contributed by atoms with Gasteiger partial charge in [-0.2, -0.15) is 0 Å². The number of nitrogens with zero attached hydrogens (tertiary/aromatic N) is 2. The Hall–Kier alpha value is -2.47. The van der Waals surface area contributed by atoms with Crippen molar-refractivity contribution in [1.29, 1.82) is 0 Å². The van der Waals surface area contributed by atoms with E-state index in [9.17, 15) is 9.90 Å². The average molecular weight is 327 g/mol. The molecule has 24 heavy (non-hydrogen) atoms. The van der Waals surface area contributed by atoms with E-state index in [2.05, 4.69) is 15.3 Å². The number of carbonyl (C=O) groups excluding carboxylic acids is 1. The number of nitrogens with one attached hydrogen (secondary N) is 1. The SMILES string of the molecule is COc1ccc([C@H](NC(=O)Cc2cccnc2)C2CC(O)C2)cn1. The van der Waals surface area contributed by atoms with Crippen LogP contribution in [0.1, 0.15) is 30.0 Å². The minimum atomic E-state index is -0.279. The van der Waals surface area contributed by atoms with Crippen molar-refractivity contribution in [3.05, 3.63) is 54.0 Å². The normalized spacial score (nSPS) is 20.8. The number of carbonyl (C=O) groups is 1. The number of hydrogen-bond donors (Lipinski definition) is 2. The highest BCUT2D eigenvalue weighted by molar-refractivity contribution is 5.79. The van der Waals surface area contributed by atoms with E-state index in [0.717, 1.165) is 11.1 Å². The lowest BCUT2D eigenvalue weighted by Gasteiger charge is -2.38. The third-order valence-electron chi connectivity index (χ3n) is 4.35. The van der Waals surface area contributed by atoms with E-state index in [-0.39, 0.29) is 30.4 Å². The summed E-state index contributed by atoms with van der Waals surface area (Å²) in [6.45, 7) is 0. The van der Waals surface area contributed by atoms with E-state index < -0.39 is 0 Å². The van der Waals surface area contributed by atoms with Gasteiger partial charge in [-0.05, 0) is 36.0 Å². The molecule has 1 saturated carbocycles. The maximum Gasteiger partial charge on any atom is 0.224 e. The van der Waals surface area contributed by atoms with Crippen LogP contribution in [-0.2, 0) is 11.2 Å². The molecule has 0 unspecified atom stereocenters. The van der Waals surface area contributed by atoms with Crippen molar-refractivity contribution in [3.63, 3.8) is 0 Å². The molecule has 6 heteroatoms. The van der Waals surface area contributed by atoms with Crippen molar-refractivity contribution in [1.82, 2.24) is 15.3 Å². The fourth-order valence-corrected chi connectivity index (χ4v) is 2.98. The largest absolute Gasteiger partial charge is 0.481 e. The second-order valence-corrected chi connectivity index (χ2v) is 6.10. The lowest BCUT2D eigenvalue weighted by Crippen LogP contribution is -2.41. The number of pyridine rings is 2. The van der Waals surface area contributed by atoms with Crippen molar-refractivity contribution < 1.29 is 14.6 Å². The molecule has 1 fully saturated rings. The highest BCUT2D eigenvalue weighted by atomic mass is 16.5. The summed E-state index contributed by atoms with van der Waals surface area (Å²) >= 11 is 0. The first kappa shape index (κ1) is 16.4. The Morgan fingerprint density at radius 1 is 1.38 bits per heavy atom. The number of ether oxygens (including phenoxy) is 1. The first-order valence-corrected chi connectivity index (χ1v) is 8.02. The molecule has 0 spiro atoms. The summed E-state index contributed by atoms with van der Waals surface area (Å²) in [6.07, 6.45) is 6.47. The van der Waals surface area contributed by atoms with Gasteiger partial charge < -0.3 is 15.2 Å². The number of hydrogen-bond acceptors (Lipinski definition) is 5. The molecule has 2 N–H and O–H groups in total. The third-order valence-corrected chi connectivity index (χ3v) is 4.35. The molecule has 2 heterocycles. The minimum absolute atomic E-state index is 0.0646. The van der Waals surface area contributed by atoms with Gasteiger partial charge in [-0.3, -0.25) is 9.78 Å². The van der Waals surface area contributed by atoms with Crippen molar-refractivity contribution in [2.45, 2.75) is 31.4 Å². The van der Waals surface area contributed by atoms with Gasteiger partial charge in [0.15, 0.2) is 0 Å². The van der Waals surface area contributed by atoms with Gasteiger partial charge in [-0.15, -0.1) is 0 Å². The van der Waals surface area contributed by atoms with Gasteiger partial charge >= 0.3 is 0 Å². The minimum Gasteiger partial charge on any atom is -0.481 e. The Morgan fingerprint density at radius 3 is 2.79 bits per heavy atom. The Balaban J connectivity index is 1.71. The second kappa shape index (κ2) is 7.40. The fraction of sp³-hybridized carbons (Fsp3) is 0.389. The van der Waals surface area contributed by atoms with E-state index in [0.29, 0.717) is 18.7 Å². The summed E-state index contributed by atoms with van der Waals surface area (Å²) in [5, 5.41) is 12.7. The zero-order chi connectivity index (χ0) is 16.9. The number of aliphatic hydroxyl groups is 1. The molecule has 126 valence electrons. The molecular weight excluding hydrogens is 306 g/mol. The summed E-state index contributed by atoms with van der Waals surface area (Å²) in [6, 6.07) is 7.23. The molecule has 0 bridgehead atoms. The van der Waals surface area contributed by atoms with E-state index in [1.807, 2.05) is 18.2 Å². The predicted molar refractivity (Wildman–Crippen MR) is 88.3 cm³/mol. The lowest BCUT2D eigenvalue weighted by atomic mass is 9.75. The van der Waals surface area contributed by atoms with Crippen molar-refractivity contribution >= 4 is 5.91 Å². The molecule has 1 aliphatic carbocycles. The van der Waals surface area contributed by atoms with Gasteiger partial charge in [-0.25, -0.2) is 4.98 Å². The monoisotopic (exact) mass is 327 g/mol. The average Bonchev–Trinajstić information content (AvgIpc) is 2.58. The van der Waals surface area contributed by atoms with Crippen molar-refractivity contribution in [2.24, 2.45) is 5.92 Å². The number of aliphatic hydroxyl groups excluding tert-OH is 1. The highest BCUT2D eigenvalue weighted by Crippen LogP contribution is 2.38. The van der Waals surface area contributed by atoms with Crippen LogP contribution in [0.3, 0.4) is 0 Å². The molecule has 2 aromatic heterocycles. The summed E-state index contributed by atoms with van der Waals surface area (Å²) < 4.78 is 5.08. The van der Waals surface area contributed by atoms with Crippen molar-refractivity contribution in [2.75, 3.05) is 7.11 Å². The van der Waals surface area contributed by atoms with Crippen LogP contribution in [0.5, 0.6) is 5.88 Å². The third kappa shape index (κ3) is 3.89. The fourth-order valence-electron chi connectivity index (χ4n) is 2.98. The molecule has 6 nitrogen and oxygen atoms in total. The van der Waals surface area contributed by atoms with E-state index in [1.165, 1.54) is 0 Å². The predicted octanol–water partition coefficient (Wildman–Crippen LogP) is 1.66. The molecule has 0 saturated heterocycles. The number of rotatable bonds is 6. The van der Waals surface area contributed by atoms with Crippen molar-refractivity contribution in [3.8, 4) is 5.88 Å². The topological polar surface area (TPSA) is 84.3 Å². The van der Waals surface area contributed by atoms with E-state index in [4.69, 9.17) is 4.74 Å².